The second-order valence-corrected chi connectivity index (χ2v) is 4.08. The van der Waals surface area contributed by atoms with Gasteiger partial charge in [0.05, 0.1) is 0 Å². The van der Waals surface area contributed by atoms with Crippen LogP contribution in [-0.2, 0) is 6.42 Å². The van der Waals surface area contributed by atoms with E-state index < -0.39 is 0 Å². The van der Waals surface area contributed by atoms with E-state index in [4.69, 9.17) is 0 Å². The third kappa shape index (κ3) is 0.844. The van der Waals surface area contributed by atoms with Crippen LogP contribution in [-0.4, -0.2) is 4.40 Å². The molecule has 2 aromatic heterocycles. The molecule has 3 rings (SSSR count). The molecule has 0 radical (unpaired) electrons. The Morgan fingerprint density at radius 3 is 2.93 bits per heavy atom. The summed E-state index contributed by atoms with van der Waals surface area (Å²) in [5.74, 6) is 0. The second kappa shape index (κ2) is 2.50. The van der Waals surface area contributed by atoms with E-state index >= 15 is 0 Å². The van der Waals surface area contributed by atoms with Crippen LogP contribution >= 0.6 is 0 Å². The van der Waals surface area contributed by atoms with Gasteiger partial charge in [-0.25, -0.2) is 0 Å². The highest BCUT2D eigenvalue weighted by Crippen LogP contribution is 2.34. The van der Waals surface area contributed by atoms with Gasteiger partial charge in [-0.1, -0.05) is 11.6 Å². The highest BCUT2D eigenvalue weighted by atomic mass is 14.9. The third-order valence-corrected chi connectivity index (χ3v) is 3.26. The van der Waals surface area contributed by atoms with Crippen LogP contribution in [0.5, 0.6) is 0 Å². The molecule has 1 aliphatic rings. The second-order valence-electron chi connectivity index (χ2n) is 4.08. The van der Waals surface area contributed by atoms with Crippen molar-refractivity contribution in [3.8, 4) is 0 Å². The van der Waals surface area contributed by atoms with Crippen molar-refractivity contribution in [2.75, 3.05) is 0 Å². The summed E-state index contributed by atoms with van der Waals surface area (Å²) in [6, 6.07) is 8.65. The van der Waals surface area contributed by atoms with Gasteiger partial charge in [0.25, 0.3) is 0 Å². The van der Waals surface area contributed by atoms with Crippen LogP contribution in [0.2, 0.25) is 0 Å². The van der Waals surface area contributed by atoms with Crippen molar-refractivity contribution in [2.45, 2.75) is 20.3 Å². The molecular formula is C13H13N. The predicted octanol–water partition coefficient (Wildman–Crippen LogP) is 3.29. The normalized spacial score (nSPS) is 15.3. The lowest BCUT2D eigenvalue weighted by molar-refractivity contribution is 1.03. The largest absolute Gasteiger partial charge is 0.320 e. The Kier molecular flexibility index (Phi) is 1.41. The van der Waals surface area contributed by atoms with E-state index in [0.717, 1.165) is 6.42 Å². The van der Waals surface area contributed by atoms with Gasteiger partial charge in [-0.2, -0.15) is 0 Å². The van der Waals surface area contributed by atoms with E-state index in [2.05, 4.69) is 48.7 Å². The van der Waals surface area contributed by atoms with E-state index in [1.165, 1.54) is 27.9 Å². The van der Waals surface area contributed by atoms with Gasteiger partial charge in [0.2, 0.25) is 0 Å². The summed E-state index contributed by atoms with van der Waals surface area (Å²) in [5.41, 5.74) is 7.17. The summed E-state index contributed by atoms with van der Waals surface area (Å²) < 4.78 is 2.30. The van der Waals surface area contributed by atoms with Crippen molar-refractivity contribution in [3.05, 3.63) is 47.3 Å². The van der Waals surface area contributed by atoms with Gasteiger partial charge < -0.3 is 4.40 Å². The van der Waals surface area contributed by atoms with Gasteiger partial charge in [0, 0.05) is 23.8 Å². The van der Waals surface area contributed by atoms with Crippen molar-refractivity contribution < 1.29 is 0 Å². The Labute approximate surface area is 83.7 Å². The fourth-order valence-corrected chi connectivity index (χ4v) is 2.30. The molecule has 0 unspecified atom stereocenters. The lowest BCUT2D eigenvalue weighted by atomic mass is 10.1. The number of hydrogen-bond acceptors (Lipinski definition) is 0. The summed E-state index contributed by atoms with van der Waals surface area (Å²) in [7, 11) is 0. The summed E-state index contributed by atoms with van der Waals surface area (Å²) >= 11 is 0. The lowest BCUT2D eigenvalue weighted by Crippen LogP contribution is -1.90. The minimum absolute atomic E-state index is 1.11. The van der Waals surface area contributed by atoms with Crippen LogP contribution < -0.4 is 0 Å². The number of fused-ring (bicyclic) bond motifs is 3. The van der Waals surface area contributed by atoms with Crippen molar-refractivity contribution in [3.63, 3.8) is 0 Å². The van der Waals surface area contributed by atoms with E-state index in [1.807, 2.05) is 0 Å². The molecule has 0 aromatic carbocycles. The van der Waals surface area contributed by atoms with Gasteiger partial charge in [0.15, 0.2) is 0 Å². The molecule has 0 bridgehead atoms. The smallest absolute Gasteiger partial charge is 0.0459 e. The van der Waals surface area contributed by atoms with Crippen LogP contribution in [0, 0.1) is 0 Å². The highest BCUT2D eigenvalue weighted by Gasteiger charge is 2.19. The molecule has 1 aliphatic carbocycles. The van der Waals surface area contributed by atoms with Crippen LogP contribution in [0.1, 0.15) is 25.1 Å². The molecule has 14 heavy (non-hydrogen) atoms. The Morgan fingerprint density at radius 1 is 1.21 bits per heavy atom. The molecule has 0 aliphatic heterocycles. The summed E-state index contributed by atoms with van der Waals surface area (Å²) in [4.78, 5) is 0. The molecule has 0 saturated heterocycles. The summed E-state index contributed by atoms with van der Waals surface area (Å²) in [6.07, 6.45) is 3.26. The zero-order chi connectivity index (χ0) is 9.71. The van der Waals surface area contributed by atoms with Gasteiger partial charge in [0.1, 0.15) is 0 Å². The molecule has 0 spiro atoms. The Morgan fingerprint density at radius 2 is 2.07 bits per heavy atom. The molecule has 2 heterocycles. The van der Waals surface area contributed by atoms with Crippen LogP contribution in [0.25, 0.3) is 11.1 Å². The maximum atomic E-state index is 2.30. The Balaban J connectivity index is 2.39. The first-order chi connectivity index (χ1) is 6.77. The molecule has 1 nitrogen and oxygen atoms in total. The maximum Gasteiger partial charge on any atom is 0.0459 e. The van der Waals surface area contributed by atoms with Gasteiger partial charge in [-0.05, 0) is 43.2 Å². The number of allylic oxidation sites excluding steroid dienone is 2. The lowest BCUT2D eigenvalue weighted by Gasteiger charge is -1.98. The Hall–Kier alpha value is -1.50. The SMILES string of the molecule is CC1=C(C)c2cc3ccccn3c2C1. The van der Waals surface area contributed by atoms with E-state index in [9.17, 15) is 0 Å². The highest BCUT2D eigenvalue weighted by molar-refractivity contribution is 5.78. The van der Waals surface area contributed by atoms with E-state index in [0.29, 0.717) is 0 Å². The van der Waals surface area contributed by atoms with Crippen LogP contribution in [0.3, 0.4) is 0 Å². The first kappa shape index (κ1) is 7.86. The quantitative estimate of drug-likeness (QED) is 0.590. The topological polar surface area (TPSA) is 4.41 Å². The minimum Gasteiger partial charge on any atom is -0.320 e. The molecule has 0 fully saturated rings. The third-order valence-electron chi connectivity index (χ3n) is 3.26. The Bertz CT molecular complexity index is 543. The van der Waals surface area contributed by atoms with Gasteiger partial charge in [-0.3, -0.25) is 0 Å². The zero-order valence-corrected chi connectivity index (χ0v) is 8.54. The number of rotatable bonds is 0. The fraction of sp³-hybridized carbons (Fsp3) is 0.231. The van der Waals surface area contributed by atoms with Crippen molar-refractivity contribution in [2.24, 2.45) is 0 Å². The molecule has 0 amide bonds. The monoisotopic (exact) mass is 183 g/mol. The average Bonchev–Trinajstić information content (AvgIpc) is 2.67. The van der Waals surface area contributed by atoms with Crippen molar-refractivity contribution in [1.82, 2.24) is 4.40 Å². The first-order valence-electron chi connectivity index (χ1n) is 5.03. The van der Waals surface area contributed by atoms with Crippen molar-refractivity contribution in [1.29, 1.82) is 0 Å². The molecule has 1 heteroatoms. The summed E-state index contributed by atoms with van der Waals surface area (Å²) in [5, 5.41) is 0. The average molecular weight is 183 g/mol. The number of hydrogen-bond donors (Lipinski definition) is 0. The van der Waals surface area contributed by atoms with Crippen LogP contribution in [0.4, 0.5) is 0 Å². The molecular weight excluding hydrogens is 170 g/mol. The summed E-state index contributed by atoms with van der Waals surface area (Å²) in [6.45, 7) is 4.45. The predicted molar refractivity (Wildman–Crippen MR) is 59.4 cm³/mol. The van der Waals surface area contributed by atoms with Gasteiger partial charge in [-0.15, -0.1) is 0 Å². The van der Waals surface area contributed by atoms with Gasteiger partial charge >= 0.3 is 0 Å². The number of aromatic nitrogens is 1. The van der Waals surface area contributed by atoms with E-state index in [1.54, 1.807) is 0 Å². The van der Waals surface area contributed by atoms with Crippen LogP contribution in [0.15, 0.2) is 36.0 Å². The molecule has 0 atom stereocenters. The molecule has 70 valence electrons. The molecule has 0 saturated carbocycles. The van der Waals surface area contributed by atoms with E-state index in [-0.39, 0.29) is 0 Å². The minimum atomic E-state index is 1.11. The molecule has 0 N–H and O–H groups in total. The number of nitrogens with zero attached hydrogens (tertiary/aromatic N) is 1. The maximum absolute atomic E-state index is 2.30. The fourth-order valence-electron chi connectivity index (χ4n) is 2.30. The number of pyridine rings is 1. The molecule has 2 aromatic rings. The van der Waals surface area contributed by atoms with Crippen molar-refractivity contribution >= 4 is 11.1 Å². The standard InChI is InChI=1S/C13H13N/c1-9-7-13-12(10(9)2)8-11-5-3-4-6-14(11)13/h3-6,8H,7H2,1-2H3. The first-order valence-corrected chi connectivity index (χ1v) is 5.03. The zero-order valence-electron chi connectivity index (χ0n) is 8.54.